The van der Waals surface area contributed by atoms with E-state index in [0.29, 0.717) is 30.1 Å². The van der Waals surface area contributed by atoms with Crippen molar-refractivity contribution in [2.24, 2.45) is 23.2 Å². The first-order valence-corrected chi connectivity index (χ1v) is 12.6. The van der Waals surface area contributed by atoms with Gasteiger partial charge >= 0.3 is 0 Å². The zero-order valence-corrected chi connectivity index (χ0v) is 20.2. The molecule has 0 unspecified atom stereocenters. The Bertz CT molecular complexity index is 762. The molecule has 0 aliphatic heterocycles. The highest BCUT2D eigenvalue weighted by Crippen LogP contribution is 2.59. The van der Waals surface area contributed by atoms with Gasteiger partial charge in [-0.3, -0.25) is 0 Å². The summed E-state index contributed by atoms with van der Waals surface area (Å²) in [6, 6.07) is 0. The molecule has 0 aromatic heterocycles. The molecule has 0 radical (unpaired) electrons. The lowest BCUT2D eigenvalue weighted by molar-refractivity contribution is 0.0862. The van der Waals surface area contributed by atoms with Gasteiger partial charge in [-0.1, -0.05) is 75.8 Å². The molecule has 0 bridgehead atoms. The Morgan fingerprint density at radius 2 is 1.94 bits per heavy atom. The van der Waals surface area contributed by atoms with E-state index in [-0.39, 0.29) is 0 Å². The van der Waals surface area contributed by atoms with Crippen molar-refractivity contribution in [2.45, 2.75) is 97.7 Å². The highest BCUT2D eigenvalue weighted by molar-refractivity contribution is 5.38. The average Bonchev–Trinajstić information content (AvgIpc) is 3.10. The molecular formula is C29H44O2. The lowest BCUT2D eigenvalue weighted by atomic mass is 9.61. The van der Waals surface area contributed by atoms with Gasteiger partial charge in [0, 0.05) is 6.42 Å². The van der Waals surface area contributed by atoms with Crippen LogP contribution in [0.1, 0.15) is 85.5 Å². The SMILES string of the molecule is C=C1/C(=C\C=C2/CCC[C@]3(C)[C@@H]([C@H](C)/C=C/C=C(CC)CC)CC[C@@H]23)C[C@H](O)C[C@@H]1O. The monoisotopic (exact) mass is 424 g/mol. The second-order valence-corrected chi connectivity index (χ2v) is 10.4. The molecule has 2 heteroatoms. The Labute approximate surface area is 190 Å². The second kappa shape index (κ2) is 10.5. The summed E-state index contributed by atoms with van der Waals surface area (Å²) in [6.45, 7) is 13.5. The van der Waals surface area contributed by atoms with Crippen LogP contribution in [0.5, 0.6) is 0 Å². The van der Waals surface area contributed by atoms with E-state index in [1.165, 1.54) is 37.7 Å². The molecule has 2 N–H and O–H groups in total. The summed E-state index contributed by atoms with van der Waals surface area (Å²) in [7, 11) is 0. The summed E-state index contributed by atoms with van der Waals surface area (Å²) >= 11 is 0. The Hall–Kier alpha value is -1.38. The molecule has 0 heterocycles. The lowest BCUT2D eigenvalue weighted by Gasteiger charge is -2.44. The summed E-state index contributed by atoms with van der Waals surface area (Å²) < 4.78 is 0. The van der Waals surface area contributed by atoms with Gasteiger partial charge in [0.05, 0.1) is 12.2 Å². The average molecular weight is 425 g/mol. The van der Waals surface area contributed by atoms with E-state index in [1.54, 1.807) is 5.57 Å². The van der Waals surface area contributed by atoms with E-state index < -0.39 is 12.2 Å². The van der Waals surface area contributed by atoms with Gasteiger partial charge in [0.25, 0.3) is 0 Å². The third kappa shape index (κ3) is 5.34. The van der Waals surface area contributed by atoms with Crippen LogP contribution < -0.4 is 0 Å². The molecule has 6 atom stereocenters. The van der Waals surface area contributed by atoms with Gasteiger partial charge in [0.15, 0.2) is 0 Å². The van der Waals surface area contributed by atoms with E-state index in [1.807, 2.05) is 0 Å². The van der Waals surface area contributed by atoms with Crippen LogP contribution in [0.15, 0.2) is 59.3 Å². The molecule has 3 saturated carbocycles. The van der Waals surface area contributed by atoms with Crippen molar-refractivity contribution < 1.29 is 10.2 Å². The van der Waals surface area contributed by atoms with Crippen molar-refractivity contribution in [2.75, 3.05) is 0 Å². The minimum Gasteiger partial charge on any atom is -0.393 e. The molecule has 3 aliphatic rings. The molecule has 0 aromatic rings. The highest BCUT2D eigenvalue weighted by Gasteiger charge is 2.50. The third-order valence-corrected chi connectivity index (χ3v) is 8.59. The molecule has 2 nitrogen and oxygen atoms in total. The quantitative estimate of drug-likeness (QED) is 0.448. The van der Waals surface area contributed by atoms with Crippen molar-refractivity contribution in [3.8, 4) is 0 Å². The first-order chi connectivity index (χ1) is 14.8. The van der Waals surface area contributed by atoms with Crippen LogP contribution in [0.3, 0.4) is 0 Å². The molecule has 0 saturated heterocycles. The van der Waals surface area contributed by atoms with E-state index in [2.05, 4.69) is 64.7 Å². The number of allylic oxidation sites excluding steroid dienone is 7. The fraction of sp³-hybridized carbons (Fsp3) is 0.655. The van der Waals surface area contributed by atoms with Crippen LogP contribution in [0.25, 0.3) is 0 Å². The van der Waals surface area contributed by atoms with Crippen LogP contribution in [0.4, 0.5) is 0 Å². The van der Waals surface area contributed by atoms with Crippen molar-refractivity contribution in [1.82, 2.24) is 0 Å². The molecule has 172 valence electrons. The molecule has 3 fully saturated rings. The Kier molecular flexibility index (Phi) is 8.21. The molecule has 3 rings (SSSR count). The standard InChI is InChI=1S/C29H44O2/c1-6-22(7-2)11-8-10-20(3)26-15-16-27-23(12-9-17-29(26,27)5)13-14-24-18-25(30)19-28(31)21(24)4/h8,10-11,13-14,20,25-28,30-31H,4,6-7,9,12,15-19H2,1-3,5H3/b10-8+,23-13+,24-14-/t20-,25+,26-,27+,28+,29-/m1/s1. The van der Waals surface area contributed by atoms with Crippen LogP contribution in [0.2, 0.25) is 0 Å². The minimum atomic E-state index is -0.608. The van der Waals surface area contributed by atoms with Gasteiger partial charge in [-0.2, -0.15) is 0 Å². The van der Waals surface area contributed by atoms with Gasteiger partial charge in [0.1, 0.15) is 0 Å². The molecule has 0 aromatic carbocycles. The first kappa shape index (κ1) is 24.3. The van der Waals surface area contributed by atoms with Gasteiger partial charge in [-0.05, 0) is 85.7 Å². The molecule has 0 amide bonds. The summed E-state index contributed by atoms with van der Waals surface area (Å²) in [4.78, 5) is 0. The van der Waals surface area contributed by atoms with E-state index in [0.717, 1.165) is 29.9 Å². The number of rotatable bonds is 6. The van der Waals surface area contributed by atoms with Crippen LogP contribution in [0, 0.1) is 23.2 Å². The summed E-state index contributed by atoms with van der Waals surface area (Å²) in [5.41, 5.74) is 5.27. The van der Waals surface area contributed by atoms with Crippen LogP contribution >= 0.6 is 0 Å². The summed E-state index contributed by atoms with van der Waals surface area (Å²) in [5, 5.41) is 20.2. The number of fused-ring (bicyclic) bond motifs is 1. The number of hydrogen-bond acceptors (Lipinski definition) is 2. The fourth-order valence-corrected chi connectivity index (χ4v) is 6.59. The maximum Gasteiger partial charge on any atom is 0.0811 e. The predicted octanol–water partition coefficient (Wildman–Crippen LogP) is 7.07. The first-order valence-electron chi connectivity index (χ1n) is 12.6. The Balaban J connectivity index is 1.75. The molecule has 0 spiro atoms. The third-order valence-electron chi connectivity index (χ3n) is 8.59. The predicted molar refractivity (Wildman–Crippen MR) is 132 cm³/mol. The molecule has 31 heavy (non-hydrogen) atoms. The summed E-state index contributed by atoms with van der Waals surface area (Å²) in [5.74, 6) is 1.99. The lowest BCUT2D eigenvalue weighted by Crippen LogP contribution is -2.35. The van der Waals surface area contributed by atoms with Crippen LogP contribution in [-0.2, 0) is 0 Å². The highest BCUT2D eigenvalue weighted by atomic mass is 16.3. The topological polar surface area (TPSA) is 40.5 Å². The maximum absolute atomic E-state index is 10.1. The van der Waals surface area contributed by atoms with Crippen molar-refractivity contribution in [3.05, 3.63) is 59.3 Å². The largest absolute Gasteiger partial charge is 0.393 e. The Morgan fingerprint density at radius 3 is 2.65 bits per heavy atom. The number of aliphatic hydroxyl groups is 2. The number of aliphatic hydroxyl groups excluding tert-OH is 2. The molecular weight excluding hydrogens is 380 g/mol. The minimum absolute atomic E-state index is 0.372. The summed E-state index contributed by atoms with van der Waals surface area (Å²) in [6.07, 6.45) is 20.1. The smallest absolute Gasteiger partial charge is 0.0811 e. The van der Waals surface area contributed by atoms with Gasteiger partial charge in [0.2, 0.25) is 0 Å². The van der Waals surface area contributed by atoms with E-state index >= 15 is 0 Å². The van der Waals surface area contributed by atoms with Crippen LogP contribution in [-0.4, -0.2) is 22.4 Å². The van der Waals surface area contributed by atoms with Crippen molar-refractivity contribution in [1.29, 1.82) is 0 Å². The zero-order valence-electron chi connectivity index (χ0n) is 20.2. The zero-order chi connectivity index (χ0) is 22.6. The molecule has 3 aliphatic carbocycles. The van der Waals surface area contributed by atoms with Gasteiger partial charge in [-0.15, -0.1) is 0 Å². The van der Waals surface area contributed by atoms with Crippen molar-refractivity contribution in [3.63, 3.8) is 0 Å². The second-order valence-electron chi connectivity index (χ2n) is 10.4. The van der Waals surface area contributed by atoms with E-state index in [9.17, 15) is 10.2 Å². The Morgan fingerprint density at radius 1 is 1.19 bits per heavy atom. The fourth-order valence-electron chi connectivity index (χ4n) is 6.59. The van der Waals surface area contributed by atoms with E-state index in [4.69, 9.17) is 0 Å². The maximum atomic E-state index is 10.1. The number of hydrogen-bond donors (Lipinski definition) is 2. The normalized spacial score (nSPS) is 37.4. The van der Waals surface area contributed by atoms with Crippen molar-refractivity contribution >= 4 is 0 Å². The van der Waals surface area contributed by atoms with Gasteiger partial charge in [-0.25, -0.2) is 0 Å². The van der Waals surface area contributed by atoms with Gasteiger partial charge < -0.3 is 10.2 Å².